The van der Waals surface area contributed by atoms with E-state index in [-0.39, 0.29) is 6.10 Å². The fourth-order valence-electron chi connectivity index (χ4n) is 4.17. The third-order valence-corrected chi connectivity index (χ3v) is 6.09. The molecule has 9 nitrogen and oxygen atoms in total. The number of nitrogens with zero attached hydrogens (tertiary/aromatic N) is 5. The second-order valence-electron chi connectivity index (χ2n) is 8.51. The Bertz CT molecular complexity index is 1370. The van der Waals surface area contributed by atoms with E-state index in [0.29, 0.717) is 6.54 Å². The molecule has 1 fully saturated rings. The predicted octanol–water partition coefficient (Wildman–Crippen LogP) is 3.96. The van der Waals surface area contributed by atoms with E-state index in [1.807, 2.05) is 47.1 Å². The number of hydrogen-bond donors (Lipinski definition) is 2. The van der Waals surface area contributed by atoms with Crippen LogP contribution in [0.2, 0.25) is 0 Å². The molecule has 0 saturated carbocycles. The van der Waals surface area contributed by atoms with Crippen molar-refractivity contribution in [1.29, 1.82) is 0 Å². The van der Waals surface area contributed by atoms with E-state index in [1.165, 1.54) is 0 Å². The maximum absolute atomic E-state index is 6.13. The van der Waals surface area contributed by atoms with Gasteiger partial charge in [0.05, 0.1) is 30.8 Å². The summed E-state index contributed by atoms with van der Waals surface area (Å²) in [4.78, 5) is 17.5. The Hall–Kier alpha value is -4.24. The summed E-state index contributed by atoms with van der Waals surface area (Å²) < 4.78 is 13.5. The van der Waals surface area contributed by atoms with Gasteiger partial charge >= 0.3 is 0 Å². The number of rotatable bonds is 8. The molecule has 4 aromatic rings. The van der Waals surface area contributed by atoms with Crippen LogP contribution in [0.5, 0.6) is 5.75 Å². The first-order valence-corrected chi connectivity index (χ1v) is 11.9. The summed E-state index contributed by atoms with van der Waals surface area (Å²) in [6, 6.07) is 14.0. The van der Waals surface area contributed by atoms with Crippen molar-refractivity contribution in [2.24, 2.45) is 10.7 Å². The largest absolute Gasteiger partial charge is 0.490 e. The van der Waals surface area contributed by atoms with Gasteiger partial charge in [-0.2, -0.15) is 0 Å². The number of ether oxygens (including phenoxy) is 2. The Kier molecular flexibility index (Phi) is 7.18. The van der Waals surface area contributed by atoms with Crippen LogP contribution in [0.4, 0.5) is 5.82 Å². The average Bonchev–Trinajstić information content (AvgIpc) is 3.35. The van der Waals surface area contributed by atoms with Gasteiger partial charge in [0.2, 0.25) is 0 Å². The molecule has 3 N–H and O–H groups in total. The summed E-state index contributed by atoms with van der Waals surface area (Å²) in [7, 11) is 1.73. The van der Waals surface area contributed by atoms with Crippen molar-refractivity contribution in [3.8, 4) is 17.1 Å². The quantitative estimate of drug-likeness (QED) is 0.365. The maximum atomic E-state index is 6.13. The molecular weight excluding hydrogens is 454 g/mol. The van der Waals surface area contributed by atoms with E-state index in [9.17, 15) is 0 Å². The fraction of sp³-hybridized carbons (Fsp3) is 0.259. The molecule has 36 heavy (non-hydrogen) atoms. The molecule has 0 amide bonds. The summed E-state index contributed by atoms with van der Waals surface area (Å²) in [5, 5.41) is 3.38. The van der Waals surface area contributed by atoms with Crippen LogP contribution in [0.15, 0.2) is 72.4 Å². The van der Waals surface area contributed by atoms with E-state index in [1.54, 1.807) is 25.8 Å². The molecule has 184 valence electrons. The number of allylic oxidation sites excluding steroid dienone is 1. The molecule has 1 aliphatic rings. The van der Waals surface area contributed by atoms with Crippen LogP contribution in [0.1, 0.15) is 24.0 Å². The number of nitrogens with one attached hydrogen (secondary N) is 1. The highest BCUT2D eigenvalue weighted by Gasteiger charge is 2.16. The number of hydrogen-bond acceptors (Lipinski definition) is 8. The van der Waals surface area contributed by atoms with Crippen molar-refractivity contribution in [3.05, 3.63) is 78.5 Å². The first kappa shape index (κ1) is 23.5. The van der Waals surface area contributed by atoms with Crippen LogP contribution < -0.4 is 15.8 Å². The van der Waals surface area contributed by atoms with Crippen LogP contribution in [-0.2, 0) is 11.3 Å². The molecule has 1 saturated heterocycles. The summed E-state index contributed by atoms with van der Waals surface area (Å²) in [6.45, 7) is 2.12. The monoisotopic (exact) mass is 483 g/mol. The van der Waals surface area contributed by atoms with Crippen molar-refractivity contribution in [1.82, 2.24) is 19.4 Å². The summed E-state index contributed by atoms with van der Waals surface area (Å²) in [6.07, 6.45) is 10.7. The van der Waals surface area contributed by atoms with Gasteiger partial charge in [-0.1, -0.05) is 24.3 Å². The van der Waals surface area contributed by atoms with Gasteiger partial charge in [-0.05, 0) is 17.2 Å². The molecular formula is C27H29N7O2. The van der Waals surface area contributed by atoms with Crippen molar-refractivity contribution >= 4 is 23.3 Å². The van der Waals surface area contributed by atoms with Gasteiger partial charge < -0.3 is 20.5 Å². The molecule has 1 aromatic carbocycles. The third-order valence-electron chi connectivity index (χ3n) is 6.09. The van der Waals surface area contributed by atoms with Gasteiger partial charge in [-0.25, -0.2) is 15.0 Å². The summed E-state index contributed by atoms with van der Waals surface area (Å²) in [5.41, 5.74) is 11.2. The number of benzene rings is 1. The smallest absolute Gasteiger partial charge is 0.140 e. The average molecular weight is 484 g/mol. The molecule has 0 bridgehead atoms. The topological polar surface area (TPSA) is 112 Å². The fourth-order valence-corrected chi connectivity index (χ4v) is 4.17. The lowest BCUT2D eigenvalue weighted by Gasteiger charge is -2.23. The van der Waals surface area contributed by atoms with Crippen LogP contribution in [0, 0.1) is 0 Å². The van der Waals surface area contributed by atoms with Gasteiger partial charge in [0.25, 0.3) is 0 Å². The van der Waals surface area contributed by atoms with Gasteiger partial charge in [0.15, 0.2) is 0 Å². The van der Waals surface area contributed by atoms with E-state index in [2.05, 4.69) is 37.4 Å². The zero-order chi connectivity index (χ0) is 24.7. The Balaban J connectivity index is 1.27. The minimum atomic E-state index is 0.187. The van der Waals surface area contributed by atoms with Crippen molar-refractivity contribution < 1.29 is 9.47 Å². The lowest BCUT2D eigenvalue weighted by atomic mass is 10.1. The van der Waals surface area contributed by atoms with Crippen LogP contribution in [0.25, 0.3) is 22.6 Å². The van der Waals surface area contributed by atoms with E-state index in [0.717, 1.165) is 71.4 Å². The Morgan fingerprint density at radius 2 is 2.00 bits per heavy atom. The zero-order valence-electron chi connectivity index (χ0n) is 20.2. The minimum absolute atomic E-state index is 0.187. The molecule has 0 aliphatic carbocycles. The maximum Gasteiger partial charge on any atom is 0.140 e. The molecule has 9 heteroatoms. The number of anilines is 1. The highest BCUT2D eigenvalue weighted by molar-refractivity contribution is 6.09. The second kappa shape index (κ2) is 11.0. The van der Waals surface area contributed by atoms with Crippen LogP contribution >= 0.6 is 0 Å². The van der Waals surface area contributed by atoms with Crippen molar-refractivity contribution in [2.45, 2.75) is 25.5 Å². The molecule has 0 radical (unpaired) electrons. The molecule has 0 spiro atoms. The first-order chi connectivity index (χ1) is 17.7. The molecule has 5 rings (SSSR count). The molecule has 0 unspecified atom stereocenters. The number of imidazole rings is 1. The molecule has 0 atom stereocenters. The predicted molar refractivity (Wildman–Crippen MR) is 141 cm³/mol. The Morgan fingerprint density at radius 1 is 1.17 bits per heavy atom. The van der Waals surface area contributed by atoms with E-state index in [4.69, 9.17) is 15.2 Å². The second-order valence-corrected chi connectivity index (χ2v) is 8.51. The number of fused-ring (bicyclic) bond motifs is 1. The third kappa shape index (κ3) is 5.36. The van der Waals surface area contributed by atoms with Crippen LogP contribution in [-0.4, -0.2) is 51.9 Å². The van der Waals surface area contributed by atoms with Crippen LogP contribution in [0.3, 0.4) is 0 Å². The number of aliphatic imine (C=N–C) groups is 1. The number of aromatic nitrogens is 4. The molecule has 4 heterocycles. The normalized spacial score (nSPS) is 15.0. The highest BCUT2D eigenvalue weighted by atomic mass is 16.5. The van der Waals surface area contributed by atoms with Gasteiger partial charge in [0.1, 0.15) is 29.6 Å². The van der Waals surface area contributed by atoms with E-state index >= 15 is 0 Å². The summed E-state index contributed by atoms with van der Waals surface area (Å²) in [5.74, 6) is 1.55. The lowest BCUT2D eigenvalue weighted by molar-refractivity contribution is 0.0256. The van der Waals surface area contributed by atoms with Crippen molar-refractivity contribution in [3.63, 3.8) is 0 Å². The summed E-state index contributed by atoms with van der Waals surface area (Å²) >= 11 is 0. The standard InChI is InChI=1S/C27H29N7O2/c1-29-16-21(14-28)20-4-2-19(3-5-20)15-30-26-13-24(32-18-33-26)25-17-31-27-12-23(6-9-34(25)27)36-22-7-10-35-11-8-22/h2-6,9,12-14,16-18,22H,7-8,10-11,15,28H2,1H3,(H,30,32,33). The Morgan fingerprint density at radius 3 is 2.78 bits per heavy atom. The SMILES string of the molecule is CN=CC(=CN)c1ccc(CNc2cc(-c3cnc4cc(OC5CCOCC5)ccn34)ncn2)cc1. The lowest BCUT2D eigenvalue weighted by Crippen LogP contribution is -2.25. The number of pyridine rings is 1. The zero-order valence-corrected chi connectivity index (χ0v) is 20.2. The van der Waals surface area contributed by atoms with Gasteiger partial charge in [0, 0.05) is 62.8 Å². The molecule has 1 aliphatic heterocycles. The van der Waals surface area contributed by atoms with E-state index < -0.39 is 0 Å². The first-order valence-electron chi connectivity index (χ1n) is 11.9. The highest BCUT2D eigenvalue weighted by Crippen LogP contribution is 2.25. The van der Waals surface area contributed by atoms with Gasteiger partial charge in [-0.3, -0.25) is 9.39 Å². The Labute approximate surface area is 209 Å². The minimum Gasteiger partial charge on any atom is -0.490 e. The van der Waals surface area contributed by atoms with Crippen molar-refractivity contribution in [2.75, 3.05) is 25.6 Å². The number of nitrogens with two attached hydrogens (primary N) is 1. The molecule has 3 aromatic heterocycles. The van der Waals surface area contributed by atoms with Gasteiger partial charge in [-0.15, -0.1) is 0 Å².